The van der Waals surface area contributed by atoms with Crippen LogP contribution in [0.2, 0.25) is 0 Å². The lowest BCUT2D eigenvalue weighted by molar-refractivity contribution is -0.117. The molecule has 110 valence electrons. The smallest absolute Gasteiger partial charge is 0.0940 e. The molecule has 1 spiro atoms. The van der Waals surface area contributed by atoms with Crippen LogP contribution in [0.15, 0.2) is 18.2 Å². The summed E-state index contributed by atoms with van der Waals surface area (Å²) in [5.74, 6) is 0.269. The maximum Gasteiger partial charge on any atom is 0.0940 e. The number of aliphatic hydroxyl groups excluding tert-OH is 1. The van der Waals surface area contributed by atoms with Gasteiger partial charge >= 0.3 is 0 Å². The highest BCUT2D eigenvalue weighted by Crippen LogP contribution is 2.41. The van der Waals surface area contributed by atoms with Gasteiger partial charge in [-0.25, -0.2) is 0 Å². The minimum absolute atomic E-state index is 0.137. The fourth-order valence-corrected chi connectivity index (χ4v) is 3.55. The van der Waals surface area contributed by atoms with Crippen LogP contribution in [-0.4, -0.2) is 30.5 Å². The van der Waals surface area contributed by atoms with Gasteiger partial charge in [-0.3, -0.25) is 0 Å². The minimum Gasteiger partial charge on any atom is -0.388 e. The van der Waals surface area contributed by atoms with Crippen molar-refractivity contribution in [2.24, 2.45) is 5.92 Å². The van der Waals surface area contributed by atoms with Gasteiger partial charge in [-0.2, -0.15) is 0 Å². The maximum absolute atomic E-state index is 10.8. The molecule has 0 amide bonds. The molecule has 0 aliphatic carbocycles. The van der Waals surface area contributed by atoms with Crippen LogP contribution in [0.5, 0.6) is 0 Å². The molecule has 0 radical (unpaired) electrons. The van der Waals surface area contributed by atoms with Gasteiger partial charge in [-0.1, -0.05) is 18.2 Å². The number of hydrogen-bond donors (Lipinski definition) is 1. The Labute approximate surface area is 120 Å². The van der Waals surface area contributed by atoms with Crippen LogP contribution in [0.4, 0.5) is 0 Å². The molecule has 1 N–H and O–H groups in total. The summed E-state index contributed by atoms with van der Waals surface area (Å²) >= 11 is 0. The maximum atomic E-state index is 10.8. The molecular formula is C17H24O3. The molecule has 1 aromatic rings. The average Bonchev–Trinajstić information content (AvgIpc) is 2.89. The molecule has 0 bridgehead atoms. The Hall–Kier alpha value is -0.900. The van der Waals surface area contributed by atoms with Crippen molar-refractivity contribution in [1.29, 1.82) is 0 Å². The number of benzene rings is 1. The van der Waals surface area contributed by atoms with E-state index in [4.69, 9.17) is 9.47 Å². The van der Waals surface area contributed by atoms with Crippen LogP contribution in [0.3, 0.4) is 0 Å². The monoisotopic (exact) mass is 276 g/mol. The molecule has 2 fully saturated rings. The van der Waals surface area contributed by atoms with Crippen molar-refractivity contribution < 1.29 is 14.6 Å². The fourth-order valence-electron chi connectivity index (χ4n) is 3.55. The highest BCUT2D eigenvalue weighted by Gasteiger charge is 2.43. The molecule has 2 aliphatic heterocycles. The molecule has 1 aromatic carbocycles. The van der Waals surface area contributed by atoms with E-state index >= 15 is 0 Å². The Balaban J connectivity index is 1.79. The molecule has 2 aliphatic rings. The molecule has 3 unspecified atom stereocenters. The molecule has 2 saturated heterocycles. The first kappa shape index (κ1) is 14.1. The van der Waals surface area contributed by atoms with Crippen molar-refractivity contribution in [3.8, 4) is 0 Å². The highest BCUT2D eigenvalue weighted by atomic mass is 16.6. The van der Waals surface area contributed by atoms with E-state index in [0.29, 0.717) is 6.61 Å². The second-order valence-electron chi connectivity index (χ2n) is 6.32. The fraction of sp³-hybridized carbons (Fsp3) is 0.647. The van der Waals surface area contributed by atoms with Crippen LogP contribution >= 0.6 is 0 Å². The van der Waals surface area contributed by atoms with Gasteiger partial charge < -0.3 is 14.6 Å². The third-order valence-electron chi connectivity index (χ3n) is 5.01. The van der Waals surface area contributed by atoms with E-state index in [9.17, 15) is 5.11 Å². The normalized spacial score (nSPS) is 31.6. The van der Waals surface area contributed by atoms with E-state index in [0.717, 1.165) is 38.0 Å². The quantitative estimate of drug-likeness (QED) is 0.902. The summed E-state index contributed by atoms with van der Waals surface area (Å²) in [5.41, 5.74) is 3.39. The molecule has 2 heterocycles. The minimum atomic E-state index is -0.392. The van der Waals surface area contributed by atoms with Gasteiger partial charge in [0.15, 0.2) is 0 Å². The summed E-state index contributed by atoms with van der Waals surface area (Å²) in [4.78, 5) is 0. The zero-order valence-corrected chi connectivity index (χ0v) is 12.4. The second kappa shape index (κ2) is 5.47. The molecule has 3 heteroatoms. The van der Waals surface area contributed by atoms with E-state index < -0.39 is 6.10 Å². The number of aliphatic hydroxyl groups is 1. The number of ether oxygens (including phenoxy) is 2. The summed E-state index contributed by atoms with van der Waals surface area (Å²) in [5, 5.41) is 10.8. The van der Waals surface area contributed by atoms with Gasteiger partial charge in [0, 0.05) is 19.6 Å². The van der Waals surface area contributed by atoms with Crippen LogP contribution < -0.4 is 0 Å². The lowest BCUT2D eigenvalue weighted by atomic mass is 9.79. The molecular weight excluding hydrogens is 252 g/mol. The first-order valence-electron chi connectivity index (χ1n) is 7.57. The molecule has 0 aromatic heterocycles. The van der Waals surface area contributed by atoms with Gasteiger partial charge in [0.1, 0.15) is 0 Å². The highest BCUT2D eigenvalue weighted by molar-refractivity contribution is 5.35. The van der Waals surface area contributed by atoms with Crippen molar-refractivity contribution in [2.45, 2.75) is 44.8 Å². The van der Waals surface area contributed by atoms with E-state index in [1.54, 1.807) is 0 Å². The Morgan fingerprint density at radius 3 is 2.90 bits per heavy atom. The van der Waals surface area contributed by atoms with Crippen molar-refractivity contribution in [3.05, 3.63) is 34.9 Å². The summed E-state index contributed by atoms with van der Waals surface area (Å²) in [6.07, 6.45) is 2.40. The third-order valence-corrected chi connectivity index (χ3v) is 5.01. The predicted octanol–water partition coefficient (Wildman–Crippen LogP) is 2.92. The molecule has 20 heavy (non-hydrogen) atoms. The summed E-state index contributed by atoms with van der Waals surface area (Å²) in [7, 11) is 0. The molecule has 3 nitrogen and oxygen atoms in total. The standard InChI is InChI=1S/C17H24O3/c1-12-4-3-5-15(13(12)2)16(18)14-6-8-20-17(10-14)7-9-19-11-17/h3-5,14,16,18H,6-11H2,1-2H3. The zero-order chi connectivity index (χ0) is 14.2. The van der Waals surface area contributed by atoms with Crippen molar-refractivity contribution in [2.75, 3.05) is 19.8 Å². The second-order valence-corrected chi connectivity index (χ2v) is 6.32. The van der Waals surface area contributed by atoms with Gasteiger partial charge in [0.2, 0.25) is 0 Å². The topological polar surface area (TPSA) is 38.7 Å². The van der Waals surface area contributed by atoms with Gasteiger partial charge in [-0.15, -0.1) is 0 Å². The lowest BCUT2D eigenvalue weighted by Gasteiger charge is -2.39. The van der Waals surface area contributed by atoms with Gasteiger partial charge in [-0.05, 0) is 49.3 Å². The van der Waals surface area contributed by atoms with E-state index in [1.165, 1.54) is 11.1 Å². The predicted molar refractivity (Wildman–Crippen MR) is 77.7 cm³/mol. The number of rotatable bonds is 2. The van der Waals surface area contributed by atoms with E-state index in [2.05, 4.69) is 26.0 Å². The largest absolute Gasteiger partial charge is 0.388 e. The van der Waals surface area contributed by atoms with Gasteiger partial charge in [0.25, 0.3) is 0 Å². The summed E-state index contributed by atoms with van der Waals surface area (Å²) < 4.78 is 11.5. The Morgan fingerprint density at radius 1 is 1.30 bits per heavy atom. The zero-order valence-electron chi connectivity index (χ0n) is 12.4. The van der Waals surface area contributed by atoms with Crippen molar-refractivity contribution in [3.63, 3.8) is 0 Å². The van der Waals surface area contributed by atoms with Crippen molar-refractivity contribution >= 4 is 0 Å². The Kier molecular flexibility index (Phi) is 3.85. The van der Waals surface area contributed by atoms with Crippen LogP contribution in [-0.2, 0) is 9.47 Å². The number of hydrogen-bond acceptors (Lipinski definition) is 3. The SMILES string of the molecule is Cc1cccc(C(O)C2CCOC3(CCOC3)C2)c1C. The van der Waals surface area contributed by atoms with Crippen molar-refractivity contribution in [1.82, 2.24) is 0 Å². The Bertz CT molecular complexity index is 477. The molecule has 3 rings (SSSR count). The summed E-state index contributed by atoms with van der Waals surface area (Å²) in [6, 6.07) is 6.19. The van der Waals surface area contributed by atoms with Crippen LogP contribution in [0, 0.1) is 19.8 Å². The summed E-state index contributed by atoms with van der Waals surface area (Å²) in [6.45, 7) is 6.40. The Morgan fingerprint density at radius 2 is 2.15 bits per heavy atom. The first-order valence-corrected chi connectivity index (χ1v) is 7.57. The third kappa shape index (κ3) is 2.50. The van der Waals surface area contributed by atoms with E-state index in [1.807, 2.05) is 6.07 Å². The number of aryl methyl sites for hydroxylation is 1. The van der Waals surface area contributed by atoms with E-state index in [-0.39, 0.29) is 11.5 Å². The van der Waals surface area contributed by atoms with Crippen LogP contribution in [0.25, 0.3) is 0 Å². The van der Waals surface area contributed by atoms with Gasteiger partial charge in [0.05, 0.1) is 18.3 Å². The van der Waals surface area contributed by atoms with Crippen LogP contribution in [0.1, 0.15) is 42.1 Å². The molecule has 0 saturated carbocycles. The average molecular weight is 276 g/mol. The molecule has 3 atom stereocenters. The lowest BCUT2D eigenvalue weighted by Crippen LogP contribution is -2.42. The first-order chi connectivity index (χ1) is 9.61.